The summed E-state index contributed by atoms with van der Waals surface area (Å²) in [7, 11) is 4.26. The monoisotopic (exact) mass is 296 g/mol. The first-order valence-electron chi connectivity index (χ1n) is 8.53. The van der Waals surface area contributed by atoms with Crippen molar-refractivity contribution in [1.29, 1.82) is 0 Å². The quantitative estimate of drug-likeness (QED) is 0.719. The molecule has 0 spiro atoms. The van der Waals surface area contributed by atoms with Gasteiger partial charge in [0.15, 0.2) is 0 Å². The van der Waals surface area contributed by atoms with Crippen LogP contribution in [0.4, 0.5) is 0 Å². The number of likely N-dealkylation sites (tertiary alicyclic amines) is 1. The molecule has 2 fully saturated rings. The summed E-state index contributed by atoms with van der Waals surface area (Å²) in [6, 6.07) is 0.0600. The van der Waals surface area contributed by atoms with E-state index in [1.54, 1.807) is 0 Å². The second-order valence-corrected chi connectivity index (χ2v) is 6.86. The molecule has 2 aliphatic rings. The molecule has 0 aromatic carbocycles. The van der Waals surface area contributed by atoms with E-state index in [2.05, 4.69) is 34.5 Å². The summed E-state index contributed by atoms with van der Waals surface area (Å²) in [5.74, 6) is 0.834. The maximum atomic E-state index is 12.0. The predicted molar refractivity (Wildman–Crippen MR) is 86.4 cm³/mol. The third-order valence-corrected chi connectivity index (χ3v) is 4.62. The fourth-order valence-electron chi connectivity index (χ4n) is 3.41. The van der Waals surface area contributed by atoms with Gasteiger partial charge < -0.3 is 20.4 Å². The van der Waals surface area contributed by atoms with Crippen LogP contribution in [0.15, 0.2) is 0 Å². The van der Waals surface area contributed by atoms with Gasteiger partial charge in [0.05, 0.1) is 6.04 Å². The van der Waals surface area contributed by atoms with Crippen LogP contribution in [0.5, 0.6) is 0 Å². The zero-order chi connectivity index (χ0) is 15.1. The first-order valence-corrected chi connectivity index (χ1v) is 8.53. The van der Waals surface area contributed by atoms with E-state index >= 15 is 0 Å². The van der Waals surface area contributed by atoms with Crippen LogP contribution in [-0.2, 0) is 4.79 Å². The molecule has 2 heterocycles. The van der Waals surface area contributed by atoms with Gasteiger partial charge in [0, 0.05) is 13.1 Å². The highest BCUT2D eigenvalue weighted by Crippen LogP contribution is 2.16. The van der Waals surface area contributed by atoms with Crippen LogP contribution in [0, 0.1) is 5.92 Å². The Kier molecular flexibility index (Phi) is 6.93. The van der Waals surface area contributed by atoms with Gasteiger partial charge in [-0.1, -0.05) is 0 Å². The molecule has 2 atom stereocenters. The van der Waals surface area contributed by atoms with Crippen molar-refractivity contribution in [3.05, 3.63) is 0 Å². The van der Waals surface area contributed by atoms with Crippen LogP contribution in [-0.4, -0.2) is 75.1 Å². The van der Waals surface area contributed by atoms with Gasteiger partial charge in [0.2, 0.25) is 5.91 Å². The van der Waals surface area contributed by atoms with Gasteiger partial charge in [0.1, 0.15) is 0 Å². The Hall–Kier alpha value is -0.650. The molecule has 5 heteroatoms. The molecule has 0 aromatic heterocycles. The minimum absolute atomic E-state index is 0.0600. The number of hydrogen-bond acceptors (Lipinski definition) is 4. The number of carbonyl (C=O) groups is 1. The molecule has 0 saturated carbocycles. The van der Waals surface area contributed by atoms with E-state index in [4.69, 9.17) is 0 Å². The van der Waals surface area contributed by atoms with E-state index in [-0.39, 0.29) is 11.9 Å². The number of nitrogens with one attached hydrogen (secondary N) is 2. The number of amides is 1. The molecular weight excluding hydrogens is 264 g/mol. The highest BCUT2D eigenvalue weighted by atomic mass is 16.2. The summed E-state index contributed by atoms with van der Waals surface area (Å²) in [5, 5.41) is 6.42. The lowest BCUT2D eigenvalue weighted by molar-refractivity contribution is -0.123. The molecule has 122 valence electrons. The smallest absolute Gasteiger partial charge is 0.237 e. The Morgan fingerprint density at radius 2 is 2.19 bits per heavy atom. The van der Waals surface area contributed by atoms with Gasteiger partial charge in [-0.15, -0.1) is 0 Å². The minimum atomic E-state index is 0.0600. The highest BCUT2D eigenvalue weighted by Gasteiger charge is 2.24. The molecule has 2 unspecified atom stereocenters. The van der Waals surface area contributed by atoms with Crippen molar-refractivity contribution in [2.45, 2.75) is 38.1 Å². The molecule has 0 bridgehead atoms. The maximum absolute atomic E-state index is 12.0. The zero-order valence-corrected chi connectivity index (χ0v) is 13.7. The Morgan fingerprint density at radius 3 is 2.90 bits per heavy atom. The average molecular weight is 296 g/mol. The third kappa shape index (κ3) is 5.93. The van der Waals surface area contributed by atoms with E-state index in [1.165, 1.54) is 32.4 Å². The molecule has 2 rings (SSSR count). The van der Waals surface area contributed by atoms with Crippen LogP contribution >= 0.6 is 0 Å². The number of carbonyl (C=O) groups excluding carboxylic acids is 1. The number of nitrogens with zero attached hydrogens (tertiary/aromatic N) is 2. The van der Waals surface area contributed by atoms with Crippen molar-refractivity contribution in [3.8, 4) is 0 Å². The lowest BCUT2D eigenvalue weighted by atomic mass is 9.97. The standard InChI is InChI=1S/C16H32N4O/c1-19(2)9-5-11-20-10-4-6-14(13-20)12-18-16(21)15-7-3-8-17-15/h14-15,17H,3-13H2,1-2H3,(H,18,21). The van der Waals surface area contributed by atoms with Crippen LogP contribution in [0.2, 0.25) is 0 Å². The molecular formula is C16H32N4O. The minimum Gasteiger partial charge on any atom is -0.354 e. The average Bonchev–Trinajstić information content (AvgIpc) is 2.99. The summed E-state index contributed by atoms with van der Waals surface area (Å²) in [5.41, 5.74) is 0. The maximum Gasteiger partial charge on any atom is 0.237 e. The first kappa shape index (κ1) is 16.7. The SMILES string of the molecule is CN(C)CCCN1CCCC(CNC(=O)C2CCCN2)C1. The van der Waals surface area contributed by atoms with Gasteiger partial charge in [-0.25, -0.2) is 0 Å². The summed E-state index contributed by atoms with van der Waals surface area (Å²) in [4.78, 5) is 16.8. The van der Waals surface area contributed by atoms with E-state index in [9.17, 15) is 4.79 Å². The van der Waals surface area contributed by atoms with Crippen LogP contribution < -0.4 is 10.6 Å². The Balaban J connectivity index is 1.62. The fraction of sp³-hybridized carbons (Fsp3) is 0.938. The van der Waals surface area contributed by atoms with Crippen molar-refractivity contribution < 1.29 is 4.79 Å². The lowest BCUT2D eigenvalue weighted by Gasteiger charge is -2.33. The van der Waals surface area contributed by atoms with Crippen molar-refractivity contribution in [1.82, 2.24) is 20.4 Å². The largest absolute Gasteiger partial charge is 0.354 e. The second kappa shape index (κ2) is 8.71. The van der Waals surface area contributed by atoms with Crippen molar-refractivity contribution in [2.24, 2.45) is 5.92 Å². The van der Waals surface area contributed by atoms with Crippen LogP contribution in [0.3, 0.4) is 0 Å². The van der Waals surface area contributed by atoms with Gasteiger partial charge in [0.25, 0.3) is 0 Å². The lowest BCUT2D eigenvalue weighted by Crippen LogP contribution is -2.45. The molecule has 2 N–H and O–H groups in total. The third-order valence-electron chi connectivity index (χ3n) is 4.62. The van der Waals surface area contributed by atoms with E-state index in [0.29, 0.717) is 5.92 Å². The van der Waals surface area contributed by atoms with Gasteiger partial charge in [-0.2, -0.15) is 0 Å². The number of rotatable bonds is 7. The number of hydrogen-bond donors (Lipinski definition) is 2. The summed E-state index contributed by atoms with van der Waals surface area (Å²) >= 11 is 0. The Bertz CT molecular complexity index is 315. The van der Waals surface area contributed by atoms with E-state index in [1.807, 2.05) is 0 Å². The highest BCUT2D eigenvalue weighted by molar-refractivity contribution is 5.81. The summed E-state index contributed by atoms with van der Waals surface area (Å²) in [6.07, 6.45) is 5.87. The molecule has 1 amide bonds. The molecule has 0 radical (unpaired) electrons. The van der Waals surface area contributed by atoms with Crippen molar-refractivity contribution >= 4 is 5.91 Å². The molecule has 2 saturated heterocycles. The van der Waals surface area contributed by atoms with Crippen molar-refractivity contribution in [3.63, 3.8) is 0 Å². The molecule has 2 aliphatic heterocycles. The Labute approximate surface area is 129 Å². The van der Waals surface area contributed by atoms with E-state index in [0.717, 1.165) is 39.0 Å². The molecule has 0 aromatic rings. The molecule has 0 aliphatic carbocycles. The van der Waals surface area contributed by atoms with Crippen LogP contribution in [0.25, 0.3) is 0 Å². The van der Waals surface area contributed by atoms with Gasteiger partial charge in [-0.05, 0) is 78.3 Å². The summed E-state index contributed by atoms with van der Waals surface area (Å²) in [6.45, 7) is 6.55. The van der Waals surface area contributed by atoms with E-state index < -0.39 is 0 Å². The molecule has 5 nitrogen and oxygen atoms in total. The van der Waals surface area contributed by atoms with Gasteiger partial charge >= 0.3 is 0 Å². The fourth-order valence-corrected chi connectivity index (χ4v) is 3.41. The molecule has 21 heavy (non-hydrogen) atoms. The normalized spacial score (nSPS) is 27.2. The Morgan fingerprint density at radius 1 is 1.33 bits per heavy atom. The second-order valence-electron chi connectivity index (χ2n) is 6.86. The summed E-state index contributed by atoms with van der Waals surface area (Å²) < 4.78 is 0. The zero-order valence-electron chi connectivity index (χ0n) is 13.7. The number of piperidine rings is 1. The topological polar surface area (TPSA) is 47.6 Å². The van der Waals surface area contributed by atoms with Gasteiger partial charge in [-0.3, -0.25) is 4.79 Å². The van der Waals surface area contributed by atoms with Crippen molar-refractivity contribution in [2.75, 3.05) is 53.4 Å². The predicted octanol–water partition coefficient (Wildman–Crippen LogP) is 0.518. The first-order chi connectivity index (χ1) is 10.1. The van der Waals surface area contributed by atoms with Crippen LogP contribution in [0.1, 0.15) is 32.1 Å².